The van der Waals surface area contributed by atoms with Crippen molar-refractivity contribution >= 4 is 27.6 Å². The summed E-state index contributed by atoms with van der Waals surface area (Å²) in [6, 6.07) is 8.64. The lowest BCUT2D eigenvalue weighted by molar-refractivity contribution is 0.0633. The monoisotopic (exact) mass is 443 g/mol. The van der Waals surface area contributed by atoms with Crippen molar-refractivity contribution in [1.29, 1.82) is 0 Å². The summed E-state index contributed by atoms with van der Waals surface area (Å²) >= 11 is 0. The van der Waals surface area contributed by atoms with Crippen molar-refractivity contribution in [3.05, 3.63) is 53.3 Å². The van der Waals surface area contributed by atoms with Gasteiger partial charge in [0, 0.05) is 36.5 Å². The molecule has 31 heavy (non-hydrogen) atoms. The second-order valence-electron chi connectivity index (χ2n) is 7.69. The average molecular weight is 444 g/mol. The quantitative estimate of drug-likeness (QED) is 0.727. The van der Waals surface area contributed by atoms with Crippen LogP contribution in [0.1, 0.15) is 41.4 Å². The zero-order chi connectivity index (χ0) is 22.0. The van der Waals surface area contributed by atoms with E-state index < -0.39 is 10.2 Å². The molecule has 4 rings (SSSR count). The minimum Gasteiger partial charge on any atom is -0.492 e. The highest BCUT2D eigenvalue weighted by atomic mass is 32.2. The first-order valence-corrected chi connectivity index (χ1v) is 11.7. The van der Waals surface area contributed by atoms with Gasteiger partial charge in [0.05, 0.1) is 17.9 Å². The Balaban J connectivity index is 1.44. The first-order valence-electron chi connectivity index (χ1n) is 10.2. The first kappa shape index (κ1) is 21.1. The molecular weight excluding hydrogens is 418 g/mol. The second-order valence-corrected chi connectivity index (χ2v) is 9.03. The standard InChI is InChI=1S/C21H25N5O4S/c1-2-16-11-15(8-9-23-16)21(27)26-10-4-5-14(12-26)13-30-18-7-3-6-17-19(18)20(22)25-31(28,29)24-17/h3,6-9,11,14,24H,2,4-5,10,12-13H2,1H3,(H2,22,25). The number of aryl methyl sites for hydroxylation is 1. The van der Waals surface area contributed by atoms with E-state index in [1.54, 1.807) is 30.5 Å². The van der Waals surface area contributed by atoms with E-state index in [2.05, 4.69) is 14.1 Å². The zero-order valence-corrected chi connectivity index (χ0v) is 18.1. The number of benzene rings is 1. The topological polar surface area (TPSA) is 127 Å². The maximum atomic E-state index is 12.9. The van der Waals surface area contributed by atoms with E-state index in [-0.39, 0.29) is 17.7 Å². The number of nitrogens with one attached hydrogen (secondary N) is 1. The largest absolute Gasteiger partial charge is 0.492 e. The van der Waals surface area contributed by atoms with E-state index in [9.17, 15) is 13.2 Å². The number of amidine groups is 1. The number of hydrogen-bond acceptors (Lipinski definition) is 6. The van der Waals surface area contributed by atoms with Gasteiger partial charge in [-0.2, -0.15) is 8.42 Å². The molecule has 2 aliphatic heterocycles. The summed E-state index contributed by atoms with van der Waals surface area (Å²) in [4.78, 5) is 19.1. The Bertz CT molecular complexity index is 1130. The highest BCUT2D eigenvalue weighted by molar-refractivity contribution is 7.91. The van der Waals surface area contributed by atoms with Crippen molar-refractivity contribution in [2.24, 2.45) is 16.0 Å². The van der Waals surface area contributed by atoms with Crippen LogP contribution in [0.5, 0.6) is 5.75 Å². The van der Waals surface area contributed by atoms with Crippen LogP contribution in [-0.4, -0.2) is 49.7 Å². The van der Waals surface area contributed by atoms with Gasteiger partial charge in [0.2, 0.25) is 0 Å². The molecule has 1 aromatic carbocycles. The van der Waals surface area contributed by atoms with Gasteiger partial charge in [0.1, 0.15) is 5.75 Å². The van der Waals surface area contributed by atoms with Crippen molar-refractivity contribution in [3.8, 4) is 5.75 Å². The molecule has 9 nitrogen and oxygen atoms in total. The molecule has 1 aromatic heterocycles. The number of carbonyl (C=O) groups excluding carboxylic acids is 1. The van der Waals surface area contributed by atoms with Crippen LogP contribution in [0.25, 0.3) is 0 Å². The average Bonchev–Trinajstić information content (AvgIpc) is 2.76. The van der Waals surface area contributed by atoms with E-state index in [1.165, 1.54) is 0 Å². The zero-order valence-electron chi connectivity index (χ0n) is 17.2. The molecule has 1 amide bonds. The lowest BCUT2D eigenvalue weighted by atomic mass is 9.98. The number of pyridine rings is 1. The Hall–Kier alpha value is -3.14. The molecular formula is C21H25N5O4S. The fourth-order valence-corrected chi connectivity index (χ4v) is 4.76. The molecule has 3 N–H and O–H groups in total. The highest BCUT2D eigenvalue weighted by Crippen LogP contribution is 2.31. The Labute approximate surface area is 181 Å². The van der Waals surface area contributed by atoms with Crippen molar-refractivity contribution < 1.29 is 17.9 Å². The molecule has 0 radical (unpaired) electrons. The number of piperidine rings is 1. The van der Waals surface area contributed by atoms with Crippen molar-refractivity contribution in [2.75, 3.05) is 24.4 Å². The number of nitrogens with zero attached hydrogens (tertiary/aromatic N) is 3. The third kappa shape index (κ3) is 4.63. The summed E-state index contributed by atoms with van der Waals surface area (Å²) in [5.74, 6) is 0.518. The Kier molecular flexibility index (Phi) is 5.81. The number of aromatic nitrogens is 1. The number of nitrogens with two attached hydrogens (primary N) is 1. The number of rotatable bonds is 5. The summed E-state index contributed by atoms with van der Waals surface area (Å²) in [5, 5.41) is 0. The van der Waals surface area contributed by atoms with Gasteiger partial charge < -0.3 is 15.4 Å². The van der Waals surface area contributed by atoms with E-state index in [1.807, 2.05) is 17.9 Å². The number of carbonyl (C=O) groups is 1. The van der Waals surface area contributed by atoms with Crippen LogP contribution in [0, 0.1) is 5.92 Å². The molecule has 0 aliphatic carbocycles. The number of fused-ring (bicyclic) bond motifs is 1. The van der Waals surface area contributed by atoms with Crippen LogP contribution in [0.2, 0.25) is 0 Å². The Morgan fingerprint density at radius 2 is 2.19 bits per heavy atom. The van der Waals surface area contributed by atoms with E-state index in [4.69, 9.17) is 10.5 Å². The van der Waals surface area contributed by atoms with Crippen LogP contribution in [-0.2, 0) is 16.6 Å². The molecule has 2 aromatic rings. The van der Waals surface area contributed by atoms with Crippen LogP contribution in [0.15, 0.2) is 40.9 Å². The van der Waals surface area contributed by atoms with E-state index >= 15 is 0 Å². The van der Waals surface area contributed by atoms with Crippen LogP contribution < -0.4 is 15.2 Å². The van der Waals surface area contributed by atoms with E-state index in [0.29, 0.717) is 42.3 Å². The number of likely N-dealkylation sites (tertiary alicyclic amines) is 1. The predicted molar refractivity (Wildman–Crippen MR) is 117 cm³/mol. The smallest absolute Gasteiger partial charge is 0.344 e. The van der Waals surface area contributed by atoms with E-state index in [0.717, 1.165) is 25.0 Å². The number of hydrogen-bond donors (Lipinski definition) is 2. The molecule has 10 heteroatoms. The molecule has 0 spiro atoms. The second kappa shape index (κ2) is 8.54. The minimum atomic E-state index is -3.84. The van der Waals surface area contributed by atoms with Gasteiger partial charge in [-0.05, 0) is 43.5 Å². The van der Waals surface area contributed by atoms with Crippen LogP contribution in [0.4, 0.5) is 5.69 Å². The summed E-state index contributed by atoms with van der Waals surface area (Å²) in [6.45, 7) is 3.70. The maximum Gasteiger partial charge on any atom is 0.344 e. The highest BCUT2D eigenvalue weighted by Gasteiger charge is 2.27. The van der Waals surface area contributed by atoms with Gasteiger partial charge in [0.25, 0.3) is 5.91 Å². The lowest BCUT2D eigenvalue weighted by Gasteiger charge is -2.33. The fourth-order valence-electron chi connectivity index (χ4n) is 3.92. The van der Waals surface area contributed by atoms with Gasteiger partial charge in [-0.3, -0.25) is 14.5 Å². The normalized spacial score (nSPS) is 19.7. The molecule has 1 saturated heterocycles. The molecule has 2 aliphatic rings. The molecule has 3 heterocycles. The molecule has 1 unspecified atom stereocenters. The summed E-state index contributed by atoms with van der Waals surface area (Å²) in [5.41, 5.74) is 8.20. The Morgan fingerprint density at radius 1 is 1.35 bits per heavy atom. The third-order valence-corrected chi connectivity index (χ3v) is 6.36. The number of anilines is 1. The fraction of sp³-hybridized carbons (Fsp3) is 0.381. The minimum absolute atomic E-state index is 0.00433. The summed E-state index contributed by atoms with van der Waals surface area (Å²) in [6.07, 6.45) is 4.28. The molecule has 0 saturated carbocycles. The first-order chi connectivity index (χ1) is 14.9. The van der Waals surface area contributed by atoms with Gasteiger partial charge in [-0.15, -0.1) is 4.40 Å². The molecule has 0 bridgehead atoms. The summed E-state index contributed by atoms with van der Waals surface area (Å²) in [7, 11) is -3.84. The number of amides is 1. The third-order valence-electron chi connectivity index (χ3n) is 5.45. The van der Waals surface area contributed by atoms with Gasteiger partial charge in [-0.1, -0.05) is 13.0 Å². The van der Waals surface area contributed by atoms with Gasteiger partial charge in [0.15, 0.2) is 5.84 Å². The summed E-state index contributed by atoms with van der Waals surface area (Å²) < 4.78 is 35.4. The van der Waals surface area contributed by atoms with Crippen LogP contribution >= 0.6 is 0 Å². The molecule has 1 atom stereocenters. The number of ether oxygens (including phenoxy) is 1. The lowest BCUT2D eigenvalue weighted by Crippen LogP contribution is -2.41. The predicted octanol–water partition coefficient (Wildman–Crippen LogP) is 1.95. The van der Waals surface area contributed by atoms with Gasteiger partial charge in [-0.25, -0.2) is 0 Å². The van der Waals surface area contributed by atoms with Crippen LogP contribution in [0.3, 0.4) is 0 Å². The Morgan fingerprint density at radius 3 is 3.00 bits per heavy atom. The SMILES string of the molecule is CCc1cc(C(=O)N2CCCC(COc3cccc4c3C(N)=NS(=O)(=O)N4)C2)ccn1. The van der Waals surface area contributed by atoms with Crippen molar-refractivity contribution in [3.63, 3.8) is 0 Å². The molecule has 164 valence electrons. The maximum absolute atomic E-state index is 12.9. The van der Waals surface area contributed by atoms with Crippen molar-refractivity contribution in [2.45, 2.75) is 26.2 Å². The van der Waals surface area contributed by atoms with Crippen molar-refractivity contribution in [1.82, 2.24) is 9.88 Å². The van der Waals surface area contributed by atoms with Gasteiger partial charge >= 0.3 is 10.2 Å². The molecule has 1 fully saturated rings.